The molecule has 0 fully saturated rings. The minimum Gasteiger partial charge on any atom is -0.456 e. The van der Waals surface area contributed by atoms with Crippen LogP contribution in [0.15, 0.2) is 15.9 Å². The van der Waals surface area contributed by atoms with Gasteiger partial charge in [-0.1, -0.05) is 0 Å². The number of hydrogen-bond donors (Lipinski definition) is 1. The van der Waals surface area contributed by atoms with Gasteiger partial charge in [0.2, 0.25) is 0 Å². The van der Waals surface area contributed by atoms with Gasteiger partial charge >= 0.3 is 17.8 Å². The summed E-state index contributed by atoms with van der Waals surface area (Å²) in [5.74, 6) is -1.53. The minimum absolute atomic E-state index is 0.0578. The predicted octanol–water partition coefficient (Wildman–Crippen LogP) is -1.36. The first kappa shape index (κ1) is 19.9. The lowest BCUT2D eigenvalue weighted by Gasteiger charge is -2.07. The Hall–Kier alpha value is -3.44. The van der Waals surface area contributed by atoms with Gasteiger partial charge in [0.15, 0.2) is 17.8 Å². The number of carbonyl (C=O) groups is 3. The van der Waals surface area contributed by atoms with E-state index in [1.807, 2.05) is 5.32 Å². The lowest BCUT2D eigenvalue weighted by molar-refractivity contribution is -0.148. The molecule has 0 aliphatic carbocycles. The molecule has 1 N–H and O–H groups in total. The van der Waals surface area contributed by atoms with Crippen molar-refractivity contribution in [2.24, 2.45) is 14.1 Å². The van der Waals surface area contributed by atoms with Crippen molar-refractivity contribution in [1.29, 1.82) is 0 Å². The van der Waals surface area contributed by atoms with Gasteiger partial charge in [0.25, 0.3) is 11.5 Å². The fourth-order valence-electron chi connectivity index (χ4n) is 2.31. The van der Waals surface area contributed by atoms with Gasteiger partial charge in [0.1, 0.15) is 0 Å². The number of carbonyl (C=O) groups excluding carboxylic acids is 3. The third-order valence-corrected chi connectivity index (χ3v) is 3.66. The summed E-state index contributed by atoms with van der Waals surface area (Å²) >= 11 is 0. The van der Waals surface area contributed by atoms with Crippen LogP contribution in [0, 0.1) is 0 Å². The van der Waals surface area contributed by atoms with Crippen molar-refractivity contribution < 1.29 is 23.9 Å². The number of ether oxygens (including phenoxy) is 2. The fraction of sp³-hybridized carbons (Fsp3) is 0.467. The first-order chi connectivity index (χ1) is 12.8. The number of hydrogen-bond acceptors (Lipinski definition) is 8. The van der Waals surface area contributed by atoms with Crippen LogP contribution in [0.5, 0.6) is 0 Å². The van der Waals surface area contributed by atoms with E-state index >= 15 is 0 Å². The number of aromatic nitrogens is 4. The topological polar surface area (TPSA) is 144 Å². The van der Waals surface area contributed by atoms with E-state index in [0.29, 0.717) is 0 Å². The number of amides is 2. The molecule has 0 aliphatic heterocycles. The average Bonchev–Trinajstić information content (AvgIpc) is 3.05. The molecule has 2 aromatic heterocycles. The highest BCUT2D eigenvalue weighted by Gasteiger charge is 2.16. The van der Waals surface area contributed by atoms with Crippen LogP contribution in [0.1, 0.15) is 13.3 Å². The summed E-state index contributed by atoms with van der Waals surface area (Å²) in [5, 5.41) is 1.89. The molecule has 2 rings (SSSR count). The highest BCUT2D eigenvalue weighted by molar-refractivity contribution is 5.93. The Kier molecular flexibility index (Phi) is 6.11. The fourth-order valence-corrected chi connectivity index (χ4v) is 2.31. The van der Waals surface area contributed by atoms with E-state index in [4.69, 9.17) is 4.74 Å². The molecule has 0 saturated heterocycles. The first-order valence-corrected chi connectivity index (χ1v) is 7.99. The molecule has 0 saturated carbocycles. The zero-order chi connectivity index (χ0) is 20.1. The van der Waals surface area contributed by atoms with Gasteiger partial charge in [-0.3, -0.25) is 28.8 Å². The maximum atomic E-state index is 12.3. The molecule has 0 radical (unpaired) electrons. The second-order valence-corrected chi connectivity index (χ2v) is 5.50. The smallest absolute Gasteiger partial charge is 0.413 e. The van der Waals surface area contributed by atoms with Gasteiger partial charge in [0.05, 0.1) is 19.4 Å². The lowest BCUT2D eigenvalue weighted by atomic mass is 10.4. The SMILES string of the molecule is CCOC(=O)NC(=O)COC(=O)CCn1cnc2c1c(=O)n(C)c(=O)n2C. The van der Waals surface area contributed by atoms with Gasteiger partial charge in [0, 0.05) is 20.6 Å². The maximum absolute atomic E-state index is 12.3. The third kappa shape index (κ3) is 4.40. The molecular weight excluding hydrogens is 362 g/mol. The molecule has 0 aliphatic rings. The van der Waals surface area contributed by atoms with Crippen molar-refractivity contribution in [1.82, 2.24) is 24.0 Å². The predicted molar refractivity (Wildman–Crippen MR) is 91.0 cm³/mol. The van der Waals surface area contributed by atoms with Crippen molar-refractivity contribution in [3.05, 3.63) is 27.2 Å². The lowest BCUT2D eigenvalue weighted by Crippen LogP contribution is -2.37. The van der Waals surface area contributed by atoms with Crippen LogP contribution in [0.4, 0.5) is 4.79 Å². The minimum atomic E-state index is -0.926. The van der Waals surface area contributed by atoms with E-state index in [-0.39, 0.29) is 30.7 Å². The monoisotopic (exact) mass is 381 g/mol. The summed E-state index contributed by atoms with van der Waals surface area (Å²) in [5.41, 5.74) is -0.671. The average molecular weight is 381 g/mol. The van der Waals surface area contributed by atoms with Crippen molar-refractivity contribution in [3.63, 3.8) is 0 Å². The van der Waals surface area contributed by atoms with Gasteiger partial charge in [-0.2, -0.15) is 0 Å². The normalized spacial score (nSPS) is 10.6. The molecule has 0 bridgehead atoms. The summed E-state index contributed by atoms with van der Waals surface area (Å²) in [4.78, 5) is 62.4. The number of fused-ring (bicyclic) bond motifs is 1. The molecule has 0 spiro atoms. The van der Waals surface area contributed by atoms with Crippen molar-refractivity contribution in [2.75, 3.05) is 13.2 Å². The van der Waals surface area contributed by atoms with Crippen LogP contribution in [0.3, 0.4) is 0 Å². The Bertz CT molecular complexity index is 1000. The quantitative estimate of drug-likeness (QED) is 0.604. The number of aryl methyl sites for hydroxylation is 2. The highest BCUT2D eigenvalue weighted by Crippen LogP contribution is 2.06. The van der Waals surface area contributed by atoms with E-state index in [1.165, 1.54) is 29.6 Å². The molecule has 0 atom stereocenters. The zero-order valence-corrected chi connectivity index (χ0v) is 15.1. The van der Waals surface area contributed by atoms with Crippen molar-refractivity contribution >= 4 is 29.1 Å². The molecule has 0 unspecified atom stereocenters. The number of esters is 1. The Balaban J connectivity index is 1.98. The van der Waals surface area contributed by atoms with Crippen LogP contribution in [-0.2, 0) is 39.7 Å². The Morgan fingerprint density at radius 3 is 2.52 bits per heavy atom. The molecule has 2 amide bonds. The molecule has 27 heavy (non-hydrogen) atoms. The number of imidazole rings is 1. The van der Waals surface area contributed by atoms with E-state index < -0.39 is 35.8 Å². The van der Waals surface area contributed by atoms with E-state index in [9.17, 15) is 24.0 Å². The summed E-state index contributed by atoms with van der Waals surface area (Å²) in [6.07, 6.45) is 0.265. The van der Waals surface area contributed by atoms with Gasteiger partial charge in [-0.25, -0.2) is 14.6 Å². The number of nitrogens with one attached hydrogen (secondary N) is 1. The molecular formula is C15H19N5O7. The Labute approximate surface area is 152 Å². The summed E-state index contributed by atoms with van der Waals surface area (Å²) in [7, 11) is 2.83. The van der Waals surface area contributed by atoms with E-state index in [2.05, 4.69) is 9.72 Å². The van der Waals surface area contributed by atoms with Crippen LogP contribution in [0.25, 0.3) is 11.2 Å². The molecule has 12 nitrogen and oxygen atoms in total. The highest BCUT2D eigenvalue weighted by atomic mass is 16.6. The summed E-state index contributed by atoms with van der Waals surface area (Å²) < 4.78 is 12.9. The Morgan fingerprint density at radius 1 is 1.15 bits per heavy atom. The number of rotatable bonds is 6. The van der Waals surface area contributed by atoms with Crippen LogP contribution in [-0.4, -0.2) is 49.9 Å². The van der Waals surface area contributed by atoms with Gasteiger partial charge < -0.3 is 14.0 Å². The molecule has 2 aromatic rings. The van der Waals surface area contributed by atoms with E-state index in [1.54, 1.807) is 6.92 Å². The third-order valence-electron chi connectivity index (χ3n) is 3.66. The second-order valence-electron chi connectivity index (χ2n) is 5.50. The first-order valence-electron chi connectivity index (χ1n) is 7.99. The van der Waals surface area contributed by atoms with E-state index in [0.717, 1.165) is 4.57 Å². The summed E-state index contributed by atoms with van der Waals surface area (Å²) in [6, 6.07) is 0. The van der Waals surface area contributed by atoms with Gasteiger partial charge in [-0.15, -0.1) is 0 Å². The van der Waals surface area contributed by atoms with Gasteiger partial charge in [-0.05, 0) is 6.92 Å². The molecule has 146 valence electrons. The largest absolute Gasteiger partial charge is 0.456 e. The van der Waals surface area contributed by atoms with Crippen LogP contribution < -0.4 is 16.6 Å². The maximum Gasteiger partial charge on any atom is 0.413 e. The van der Waals surface area contributed by atoms with Crippen LogP contribution in [0.2, 0.25) is 0 Å². The zero-order valence-electron chi connectivity index (χ0n) is 15.1. The Morgan fingerprint density at radius 2 is 1.85 bits per heavy atom. The second kappa shape index (κ2) is 8.29. The molecule has 2 heterocycles. The van der Waals surface area contributed by atoms with Crippen LogP contribution >= 0.6 is 0 Å². The number of nitrogens with zero attached hydrogens (tertiary/aromatic N) is 4. The van der Waals surface area contributed by atoms with Crippen molar-refractivity contribution in [3.8, 4) is 0 Å². The molecule has 12 heteroatoms. The molecule has 0 aromatic carbocycles. The number of imide groups is 1. The standard InChI is InChI=1S/C15H19N5O7/c1-4-26-14(24)17-9(21)7-27-10(22)5-6-20-8-16-12-11(20)13(23)19(3)15(25)18(12)2/h8H,4-7H2,1-3H3,(H,17,21,24). The summed E-state index contributed by atoms with van der Waals surface area (Å²) in [6.45, 7) is 1.10. The number of alkyl carbamates (subject to hydrolysis) is 1. The van der Waals surface area contributed by atoms with Crippen molar-refractivity contribution in [2.45, 2.75) is 19.9 Å².